The molecule has 2 aromatic rings. The van der Waals surface area contributed by atoms with Crippen molar-refractivity contribution in [3.8, 4) is 0 Å². The quantitative estimate of drug-likeness (QED) is 0.799. The number of nitrogens with zero attached hydrogens (tertiary/aromatic N) is 1. The first-order valence-corrected chi connectivity index (χ1v) is 6.81. The average Bonchev–Trinajstić information content (AvgIpc) is 2.76. The van der Waals surface area contributed by atoms with Gasteiger partial charge in [-0.3, -0.25) is 4.79 Å². The highest BCUT2D eigenvalue weighted by Crippen LogP contribution is 2.23. The standard InChI is InChI=1S/C16H16FNO2/c17-15-7-6-14(12-4-1-2-5-13(12)15)16(19)18-8-3-10-20-11-9-18/h1-2,4-7H,3,8-11H2. The van der Waals surface area contributed by atoms with Crippen LogP contribution in [-0.2, 0) is 4.74 Å². The van der Waals surface area contributed by atoms with Crippen LogP contribution in [0.1, 0.15) is 16.8 Å². The Kier molecular flexibility index (Phi) is 3.65. The lowest BCUT2D eigenvalue weighted by Crippen LogP contribution is -2.33. The van der Waals surface area contributed by atoms with Gasteiger partial charge in [-0.25, -0.2) is 4.39 Å². The molecule has 1 saturated heterocycles. The van der Waals surface area contributed by atoms with Crippen LogP contribution in [0, 0.1) is 5.82 Å². The molecule has 0 spiro atoms. The summed E-state index contributed by atoms with van der Waals surface area (Å²) in [7, 11) is 0. The lowest BCUT2D eigenvalue weighted by atomic mass is 10.0. The van der Waals surface area contributed by atoms with Crippen LogP contribution in [0.4, 0.5) is 4.39 Å². The number of halogens is 1. The number of rotatable bonds is 1. The van der Waals surface area contributed by atoms with Crippen LogP contribution in [0.2, 0.25) is 0 Å². The number of carbonyl (C=O) groups is 1. The van der Waals surface area contributed by atoms with Crippen molar-refractivity contribution in [2.24, 2.45) is 0 Å². The first-order valence-electron chi connectivity index (χ1n) is 6.81. The molecule has 0 atom stereocenters. The molecule has 1 fully saturated rings. The molecule has 0 aliphatic carbocycles. The Bertz CT molecular complexity index is 633. The van der Waals surface area contributed by atoms with Crippen molar-refractivity contribution in [3.05, 3.63) is 47.8 Å². The fourth-order valence-corrected chi connectivity index (χ4v) is 2.57. The molecule has 0 saturated carbocycles. The number of amides is 1. The molecule has 104 valence electrons. The molecule has 2 aromatic carbocycles. The van der Waals surface area contributed by atoms with Crippen molar-refractivity contribution in [2.45, 2.75) is 6.42 Å². The minimum atomic E-state index is -0.295. The Morgan fingerprint density at radius 1 is 1.05 bits per heavy atom. The van der Waals surface area contributed by atoms with Gasteiger partial charge in [0, 0.05) is 30.6 Å². The Morgan fingerprint density at radius 2 is 1.85 bits per heavy atom. The van der Waals surface area contributed by atoms with Crippen molar-refractivity contribution >= 4 is 16.7 Å². The van der Waals surface area contributed by atoms with Crippen molar-refractivity contribution in [1.82, 2.24) is 4.90 Å². The van der Waals surface area contributed by atoms with Gasteiger partial charge in [-0.15, -0.1) is 0 Å². The SMILES string of the molecule is O=C(c1ccc(F)c2ccccc12)N1CCCOCC1. The Morgan fingerprint density at radius 3 is 2.70 bits per heavy atom. The zero-order valence-corrected chi connectivity index (χ0v) is 11.1. The molecule has 20 heavy (non-hydrogen) atoms. The molecule has 3 nitrogen and oxygen atoms in total. The van der Waals surface area contributed by atoms with Crippen LogP contribution in [0.5, 0.6) is 0 Å². The Hall–Kier alpha value is -1.94. The third-order valence-corrected chi connectivity index (χ3v) is 3.61. The molecule has 1 aliphatic rings. The smallest absolute Gasteiger partial charge is 0.254 e. The zero-order valence-electron chi connectivity index (χ0n) is 11.1. The molecule has 1 amide bonds. The number of fused-ring (bicyclic) bond motifs is 1. The fourth-order valence-electron chi connectivity index (χ4n) is 2.57. The van der Waals surface area contributed by atoms with E-state index in [1.807, 2.05) is 6.07 Å². The largest absolute Gasteiger partial charge is 0.380 e. The van der Waals surface area contributed by atoms with Gasteiger partial charge < -0.3 is 9.64 Å². The van der Waals surface area contributed by atoms with Gasteiger partial charge >= 0.3 is 0 Å². The second-order valence-electron chi connectivity index (χ2n) is 4.90. The normalized spacial score (nSPS) is 16.1. The minimum absolute atomic E-state index is 0.0494. The maximum atomic E-state index is 13.8. The van der Waals surface area contributed by atoms with Crippen molar-refractivity contribution in [1.29, 1.82) is 0 Å². The summed E-state index contributed by atoms with van der Waals surface area (Å²) >= 11 is 0. The monoisotopic (exact) mass is 273 g/mol. The van der Waals surface area contributed by atoms with Gasteiger partial charge in [0.1, 0.15) is 5.82 Å². The number of carbonyl (C=O) groups excluding carboxylic acids is 1. The maximum absolute atomic E-state index is 13.8. The molecule has 0 N–H and O–H groups in total. The predicted octanol–water partition coefficient (Wildman–Crippen LogP) is 2.84. The number of benzene rings is 2. The molecule has 1 aliphatic heterocycles. The first kappa shape index (κ1) is 13.1. The van der Waals surface area contributed by atoms with Gasteiger partial charge in [0.2, 0.25) is 0 Å². The second kappa shape index (κ2) is 5.59. The van der Waals surface area contributed by atoms with Gasteiger partial charge in [0.05, 0.1) is 6.61 Å². The number of hydrogen-bond donors (Lipinski definition) is 0. The van der Waals surface area contributed by atoms with Gasteiger partial charge in [0.25, 0.3) is 5.91 Å². The van der Waals surface area contributed by atoms with Crippen molar-refractivity contribution in [3.63, 3.8) is 0 Å². The summed E-state index contributed by atoms with van der Waals surface area (Å²) < 4.78 is 19.2. The summed E-state index contributed by atoms with van der Waals surface area (Å²) in [5.41, 5.74) is 0.559. The lowest BCUT2D eigenvalue weighted by Gasteiger charge is -2.20. The predicted molar refractivity (Wildman–Crippen MR) is 75.2 cm³/mol. The molecular formula is C16H16FNO2. The van der Waals surface area contributed by atoms with E-state index in [0.29, 0.717) is 42.6 Å². The molecule has 0 aromatic heterocycles. The van der Waals surface area contributed by atoms with E-state index in [4.69, 9.17) is 4.74 Å². The van der Waals surface area contributed by atoms with E-state index >= 15 is 0 Å². The highest BCUT2D eigenvalue weighted by Gasteiger charge is 2.20. The summed E-state index contributed by atoms with van der Waals surface area (Å²) in [6.45, 7) is 2.52. The van der Waals surface area contributed by atoms with Crippen LogP contribution < -0.4 is 0 Å². The van der Waals surface area contributed by atoms with Crippen LogP contribution in [0.25, 0.3) is 10.8 Å². The lowest BCUT2D eigenvalue weighted by molar-refractivity contribution is 0.0743. The number of ether oxygens (including phenoxy) is 1. The average molecular weight is 273 g/mol. The second-order valence-corrected chi connectivity index (χ2v) is 4.90. The molecular weight excluding hydrogens is 257 g/mol. The van der Waals surface area contributed by atoms with Gasteiger partial charge in [-0.1, -0.05) is 24.3 Å². The van der Waals surface area contributed by atoms with Crippen LogP contribution in [0.15, 0.2) is 36.4 Å². The first-order chi connectivity index (χ1) is 9.77. The van der Waals surface area contributed by atoms with E-state index in [9.17, 15) is 9.18 Å². The van der Waals surface area contributed by atoms with E-state index in [1.54, 1.807) is 29.2 Å². The fraction of sp³-hybridized carbons (Fsp3) is 0.312. The summed E-state index contributed by atoms with van der Waals surface area (Å²) in [5, 5.41) is 1.16. The minimum Gasteiger partial charge on any atom is -0.380 e. The van der Waals surface area contributed by atoms with Crippen LogP contribution in [-0.4, -0.2) is 37.1 Å². The van der Waals surface area contributed by atoms with E-state index in [1.165, 1.54) is 6.07 Å². The number of hydrogen-bond acceptors (Lipinski definition) is 2. The zero-order chi connectivity index (χ0) is 13.9. The summed E-state index contributed by atoms with van der Waals surface area (Å²) in [6.07, 6.45) is 0.838. The molecule has 3 rings (SSSR count). The van der Waals surface area contributed by atoms with E-state index in [2.05, 4.69) is 0 Å². The maximum Gasteiger partial charge on any atom is 0.254 e. The Labute approximate surface area is 116 Å². The van der Waals surface area contributed by atoms with E-state index in [-0.39, 0.29) is 11.7 Å². The summed E-state index contributed by atoms with van der Waals surface area (Å²) in [4.78, 5) is 14.4. The molecule has 0 radical (unpaired) electrons. The van der Waals surface area contributed by atoms with E-state index < -0.39 is 0 Å². The third-order valence-electron chi connectivity index (χ3n) is 3.61. The topological polar surface area (TPSA) is 29.5 Å². The highest BCUT2D eigenvalue weighted by molar-refractivity contribution is 6.07. The molecule has 0 unspecified atom stereocenters. The highest BCUT2D eigenvalue weighted by atomic mass is 19.1. The molecule has 1 heterocycles. The van der Waals surface area contributed by atoms with Gasteiger partial charge in [0.15, 0.2) is 0 Å². The van der Waals surface area contributed by atoms with Crippen LogP contribution in [0.3, 0.4) is 0 Å². The molecule has 0 bridgehead atoms. The van der Waals surface area contributed by atoms with Gasteiger partial charge in [-0.2, -0.15) is 0 Å². The summed E-state index contributed by atoms with van der Waals surface area (Å²) in [6, 6.07) is 10.0. The van der Waals surface area contributed by atoms with Crippen LogP contribution >= 0.6 is 0 Å². The third kappa shape index (κ3) is 2.39. The van der Waals surface area contributed by atoms with Crippen molar-refractivity contribution < 1.29 is 13.9 Å². The molecule has 4 heteroatoms. The Balaban J connectivity index is 2.01. The summed E-state index contributed by atoms with van der Waals surface area (Å²) in [5.74, 6) is -0.344. The van der Waals surface area contributed by atoms with Crippen molar-refractivity contribution in [2.75, 3.05) is 26.3 Å². The van der Waals surface area contributed by atoms with Gasteiger partial charge in [-0.05, 0) is 23.9 Å². The van der Waals surface area contributed by atoms with E-state index in [0.717, 1.165) is 6.42 Å².